The van der Waals surface area contributed by atoms with Gasteiger partial charge in [0.05, 0.1) is 6.04 Å². The monoisotopic (exact) mass is 472 g/mol. The predicted octanol–water partition coefficient (Wildman–Crippen LogP) is 0.466. The maximum Gasteiger partial charge on any atom is 0.326 e. The van der Waals surface area contributed by atoms with Crippen molar-refractivity contribution in [3.8, 4) is 0 Å². The molecule has 0 spiro atoms. The third-order valence-corrected chi connectivity index (χ3v) is 5.86. The van der Waals surface area contributed by atoms with Crippen LogP contribution in [0.1, 0.15) is 67.2 Å². The third kappa shape index (κ3) is 10.2. The number of nitrogens with two attached hydrogens (primary N) is 1. The van der Waals surface area contributed by atoms with Gasteiger partial charge in [-0.15, -0.1) is 0 Å². The molecule has 6 atom stereocenters. The number of rotatable bonds is 15. The van der Waals surface area contributed by atoms with Crippen LogP contribution >= 0.6 is 0 Å². The van der Waals surface area contributed by atoms with E-state index < -0.39 is 66.2 Å². The van der Waals surface area contributed by atoms with E-state index in [2.05, 4.69) is 16.0 Å². The normalized spacial score (nSPS) is 16.6. The first-order valence-electron chi connectivity index (χ1n) is 11.4. The lowest BCUT2D eigenvalue weighted by Gasteiger charge is -2.30. The van der Waals surface area contributed by atoms with Crippen LogP contribution in [0, 0.1) is 17.8 Å². The Kier molecular flexibility index (Phi) is 13.3. The quantitative estimate of drug-likeness (QED) is 0.198. The summed E-state index contributed by atoms with van der Waals surface area (Å²) in [7, 11) is 0. The second-order valence-corrected chi connectivity index (χ2v) is 8.85. The molecule has 11 nitrogen and oxygen atoms in total. The number of hydrogen-bond acceptors (Lipinski definition) is 6. The van der Waals surface area contributed by atoms with Crippen molar-refractivity contribution in [2.75, 3.05) is 0 Å². The summed E-state index contributed by atoms with van der Waals surface area (Å²) in [4.78, 5) is 60.5. The van der Waals surface area contributed by atoms with Crippen LogP contribution in [0.4, 0.5) is 0 Å². The Labute approximate surface area is 195 Å². The van der Waals surface area contributed by atoms with Crippen molar-refractivity contribution in [1.82, 2.24) is 16.0 Å². The lowest BCUT2D eigenvalue weighted by Crippen LogP contribution is -2.60. The summed E-state index contributed by atoms with van der Waals surface area (Å²) in [6, 6.07) is -4.22. The second-order valence-electron chi connectivity index (χ2n) is 8.85. The number of hydrogen-bond donors (Lipinski definition) is 6. The molecule has 33 heavy (non-hydrogen) atoms. The summed E-state index contributed by atoms with van der Waals surface area (Å²) in [5.41, 5.74) is 5.99. The maximum absolute atomic E-state index is 13.1. The van der Waals surface area contributed by atoms with E-state index in [-0.39, 0.29) is 18.3 Å². The molecule has 0 aromatic rings. The fourth-order valence-corrected chi connectivity index (χ4v) is 3.03. The summed E-state index contributed by atoms with van der Waals surface area (Å²) < 4.78 is 0. The number of carboxylic acids is 2. The van der Waals surface area contributed by atoms with Crippen LogP contribution in [0.25, 0.3) is 0 Å². The number of nitrogens with one attached hydrogen (secondary N) is 3. The second kappa shape index (κ2) is 14.5. The molecule has 0 aliphatic heterocycles. The fraction of sp³-hybridized carbons (Fsp3) is 0.773. The van der Waals surface area contributed by atoms with Gasteiger partial charge in [0.15, 0.2) is 0 Å². The Morgan fingerprint density at radius 3 is 1.67 bits per heavy atom. The zero-order chi connectivity index (χ0) is 25.9. The first-order valence-corrected chi connectivity index (χ1v) is 11.4. The summed E-state index contributed by atoms with van der Waals surface area (Å²) in [6.45, 7) is 10.7. The molecule has 0 heterocycles. The van der Waals surface area contributed by atoms with E-state index in [1.165, 1.54) is 0 Å². The van der Waals surface area contributed by atoms with Crippen LogP contribution in [-0.2, 0) is 24.0 Å². The molecule has 0 aliphatic rings. The number of aliphatic carboxylic acids is 2. The van der Waals surface area contributed by atoms with Crippen LogP contribution < -0.4 is 21.7 Å². The zero-order valence-corrected chi connectivity index (χ0v) is 20.4. The third-order valence-electron chi connectivity index (χ3n) is 5.86. The molecule has 0 bridgehead atoms. The number of amides is 3. The highest BCUT2D eigenvalue weighted by Gasteiger charge is 2.34. The minimum Gasteiger partial charge on any atom is -0.481 e. The molecular weight excluding hydrogens is 432 g/mol. The zero-order valence-electron chi connectivity index (χ0n) is 20.4. The summed E-state index contributed by atoms with van der Waals surface area (Å²) in [5, 5.41) is 25.7. The average Bonchev–Trinajstić information content (AvgIpc) is 2.75. The predicted molar refractivity (Wildman–Crippen MR) is 122 cm³/mol. The van der Waals surface area contributed by atoms with E-state index >= 15 is 0 Å². The van der Waals surface area contributed by atoms with Crippen LogP contribution in [-0.4, -0.2) is 64.0 Å². The molecule has 0 aliphatic carbocycles. The highest BCUT2D eigenvalue weighted by Crippen LogP contribution is 2.12. The fourth-order valence-electron chi connectivity index (χ4n) is 3.03. The van der Waals surface area contributed by atoms with Crippen molar-refractivity contribution in [3.63, 3.8) is 0 Å². The largest absolute Gasteiger partial charge is 0.481 e. The first-order chi connectivity index (χ1) is 15.3. The van der Waals surface area contributed by atoms with E-state index in [4.69, 9.17) is 10.8 Å². The summed E-state index contributed by atoms with van der Waals surface area (Å²) >= 11 is 0. The molecule has 3 amide bonds. The molecule has 190 valence electrons. The van der Waals surface area contributed by atoms with Gasteiger partial charge in [0.1, 0.15) is 18.1 Å². The van der Waals surface area contributed by atoms with E-state index in [0.717, 1.165) is 0 Å². The smallest absolute Gasteiger partial charge is 0.326 e. The first kappa shape index (κ1) is 30.3. The van der Waals surface area contributed by atoms with Gasteiger partial charge in [-0.2, -0.15) is 0 Å². The summed E-state index contributed by atoms with van der Waals surface area (Å²) in [6.07, 6.45) is 0.533. The number of carbonyl (C=O) groups excluding carboxylic acids is 3. The average molecular weight is 473 g/mol. The van der Waals surface area contributed by atoms with Gasteiger partial charge in [-0.25, -0.2) is 4.79 Å². The molecule has 0 saturated heterocycles. The van der Waals surface area contributed by atoms with E-state index in [1.54, 1.807) is 20.8 Å². The molecule has 6 unspecified atom stereocenters. The van der Waals surface area contributed by atoms with E-state index in [1.807, 2.05) is 20.8 Å². The molecule has 7 N–H and O–H groups in total. The van der Waals surface area contributed by atoms with Crippen molar-refractivity contribution in [2.45, 2.75) is 91.4 Å². The molecule has 0 saturated carbocycles. The standard InChI is InChI=1S/C22H40N4O7/c1-7-12(5)16(23)19(29)26-18(13(6)8-2)21(31)25-17(11(3)4)20(30)24-14(22(32)33)9-10-15(27)28/h11-14,16-18H,7-10,23H2,1-6H3,(H,24,30)(H,25,31)(H,26,29)(H,27,28)(H,32,33). The van der Waals surface area contributed by atoms with Crippen LogP contribution in [0.2, 0.25) is 0 Å². The van der Waals surface area contributed by atoms with Gasteiger partial charge in [-0.05, 0) is 24.2 Å². The molecule has 0 fully saturated rings. The van der Waals surface area contributed by atoms with Gasteiger partial charge in [-0.3, -0.25) is 19.2 Å². The van der Waals surface area contributed by atoms with E-state index in [9.17, 15) is 29.1 Å². The molecule has 0 aromatic carbocycles. The van der Waals surface area contributed by atoms with Crippen molar-refractivity contribution < 1.29 is 34.2 Å². The van der Waals surface area contributed by atoms with Gasteiger partial charge in [0.25, 0.3) is 0 Å². The summed E-state index contributed by atoms with van der Waals surface area (Å²) in [5.74, 6) is -5.10. The highest BCUT2D eigenvalue weighted by atomic mass is 16.4. The topological polar surface area (TPSA) is 188 Å². The Hall–Kier alpha value is -2.69. The Balaban J connectivity index is 5.51. The van der Waals surface area contributed by atoms with Crippen LogP contribution in [0.3, 0.4) is 0 Å². The van der Waals surface area contributed by atoms with Gasteiger partial charge in [0, 0.05) is 6.42 Å². The maximum atomic E-state index is 13.1. The Bertz CT molecular complexity index is 698. The minimum absolute atomic E-state index is 0.0846. The molecule has 0 aromatic heterocycles. The van der Waals surface area contributed by atoms with E-state index in [0.29, 0.717) is 12.8 Å². The molecular formula is C22H40N4O7. The molecule has 0 rings (SSSR count). The number of carboxylic acid groups (broad SMARTS) is 2. The van der Waals surface area contributed by atoms with Crippen LogP contribution in [0.15, 0.2) is 0 Å². The molecule has 11 heteroatoms. The van der Waals surface area contributed by atoms with Crippen molar-refractivity contribution in [2.24, 2.45) is 23.5 Å². The minimum atomic E-state index is -1.41. The Morgan fingerprint density at radius 2 is 1.24 bits per heavy atom. The Morgan fingerprint density at radius 1 is 0.758 bits per heavy atom. The van der Waals surface area contributed by atoms with Gasteiger partial charge in [0.2, 0.25) is 17.7 Å². The molecule has 0 radical (unpaired) electrons. The van der Waals surface area contributed by atoms with Crippen molar-refractivity contribution in [1.29, 1.82) is 0 Å². The lowest BCUT2D eigenvalue weighted by atomic mass is 9.94. The van der Waals surface area contributed by atoms with Gasteiger partial charge < -0.3 is 31.9 Å². The van der Waals surface area contributed by atoms with Gasteiger partial charge >= 0.3 is 11.9 Å². The van der Waals surface area contributed by atoms with Crippen LogP contribution in [0.5, 0.6) is 0 Å². The number of carbonyl (C=O) groups is 5. The lowest BCUT2D eigenvalue weighted by molar-refractivity contribution is -0.143. The van der Waals surface area contributed by atoms with Crippen molar-refractivity contribution in [3.05, 3.63) is 0 Å². The van der Waals surface area contributed by atoms with Crippen molar-refractivity contribution >= 4 is 29.7 Å². The SMILES string of the molecule is CCC(C)C(N)C(=O)NC(C(=O)NC(C(=O)NC(CCC(=O)O)C(=O)O)C(C)C)C(C)CC. The highest BCUT2D eigenvalue weighted by molar-refractivity contribution is 5.94. The van der Waals surface area contributed by atoms with Gasteiger partial charge in [-0.1, -0.05) is 54.4 Å².